The molecule has 2 rings (SSSR count). The van der Waals surface area contributed by atoms with E-state index in [1.165, 1.54) is 30.3 Å². The molecule has 6 nitrogen and oxygen atoms in total. The van der Waals surface area contributed by atoms with Crippen LogP contribution in [0.1, 0.15) is 5.56 Å². The van der Waals surface area contributed by atoms with E-state index in [2.05, 4.69) is 10.6 Å². The van der Waals surface area contributed by atoms with E-state index in [9.17, 15) is 26.8 Å². The van der Waals surface area contributed by atoms with Crippen LogP contribution in [0.5, 0.6) is 0 Å². The number of amides is 2. The summed E-state index contributed by atoms with van der Waals surface area (Å²) in [5.74, 6) is -4.52. The van der Waals surface area contributed by atoms with Crippen molar-refractivity contribution in [2.45, 2.75) is 6.54 Å². The van der Waals surface area contributed by atoms with E-state index in [4.69, 9.17) is 0 Å². The summed E-state index contributed by atoms with van der Waals surface area (Å²) in [6.07, 6.45) is 0. The largest absolute Gasteiger partial charge is 0.351 e. The first kappa shape index (κ1) is 19.5. The van der Waals surface area contributed by atoms with E-state index in [0.717, 1.165) is 12.1 Å². The second-order valence-electron chi connectivity index (χ2n) is 5.46. The summed E-state index contributed by atoms with van der Waals surface area (Å²) >= 11 is 0. The molecule has 0 heterocycles. The van der Waals surface area contributed by atoms with Gasteiger partial charge in [0.15, 0.2) is 9.84 Å². The summed E-state index contributed by atoms with van der Waals surface area (Å²) in [6, 6.07) is 10.5. The minimum Gasteiger partial charge on any atom is -0.351 e. The van der Waals surface area contributed by atoms with Gasteiger partial charge in [0.2, 0.25) is 11.8 Å². The van der Waals surface area contributed by atoms with Gasteiger partial charge in [-0.3, -0.25) is 9.59 Å². The molecule has 0 unspecified atom stereocenters. The van der Waals surface area contributed by atoms with Crippen LogP contribution in [0.4, 0.5) is 14.5 Å². The molecule has 0 aliphatic rings. The number of carbonyl (C=O) groups is 2. The fourth-order valence-corrected chi connectivity index (χ4v) is 3.14. The van der Waals surface area contributed by atoms with Crippen molar-refractivity contribution in [2.75, 3.05) is 16.8 Å². The average molecular weight is 382 g/mol. The third kappa shape index (κ3) is 6.25. The number of nitrogens with one attached hydrogen (secondary N) is 2. The van der Waals surface area contributed by atoms with Crippen LogP contribution in [-0.2, 0) is 26.0 Å². The molecule has 0 saturated heterocycles. The van der Waals surface area contributed by atoms with Crippen molar-refractivity contribution in [3.05, 3.63) is 65.7 Å². The minimum atomic E-state index is -4.01. The molecular weight excluding hydrogens is 366 g/mol. The quantitative estimate of drug-likeness (QED) is 0.761. The minimum absolute atomic E-state index is 0.164. The number of halogens is 2. The Kier molecular flexibility index (Phi) is 6.40. The first-order valence-electron chi connectivity index (χ1n) is 7.51. The van der Waals surface area contributed by atoms with Crippen molar-refractivity contribution >= 4 is 27.3 Å². The number of benzene rings is 2. The number of hydrogen-bond donors (Lipinski definition) is 2. The molecule has 9 heteroatoms. The van der Waals surface area contributed by atoms with Crippen molar-refractivity contribution in [3.8, 4) is 0 Å². The van der Waals surface area contributed by atoms with Crippen LogP contribution in [0, 0.1) is 11.6 Å². The summed E-state index contributed by atoms with van der Waals surface area (Å²) in [5, 5.41) is 4.59. The van der Waals surface area contributed by atoms with Gasteiger partial charge in [-0.05, 0) is 30.3 Å². The van der Waals surface area contributed by atoms with Gasteiger partial charge in [-0.15, -0.1) is 0 Å². The average Bonchev–Trinajstić information content (AvgIpc) is 2.55. The van der Waals surface area contributed by atoms with Crippen LogP contribution in [0.25, 0.3) is 0 Å². The number of anilines is 1. The number of rotatable bonds is 7. The Hall–Kier alpha value is -2.81. The SMILES string of the molecule is O=C(CS(=O)(=O)CC(=O)Nc1ccc(F)cc1)NCc1ccccc1F. The molecule has 0 aliphatic carbocycles. The summed E-state index contributed by atoms with van der Waals surface area (Å²) in [6.45, 7) is -0.164. The van der Waals surface area contributed by atoms with E-state index in [1.54, 1.807) is 6.07 Å². The third-order valence-corrected chi connectivity index (χ3v) is 4.67. The fraction of sp³-hybridized carbons (Fsp3) is 0.176. The van der Waals surface area contributed by atoms with Gasteiger partial charge < -0.3 is 10.6 Å². The smallest absolute Gasteiger partial charge is 0.239 e. The van der Waals surface area contributed by atoms with Gasteiger partial charge >= 0.3 is 0 Å². The highest BCUT2D eigenvalue weighted by molar-refractivity contribution is 7.92. The van der Waals surface area contributed by atoms with Crippen molar-refractivity contribution < 1.29 is 26.8 Å². The van der Waals surface area contributed by atoms with Gasteiger partial charge in [0, 0.05) is 17.8 Å². The maximum atomic E-state index is 13.4. The highest BCUT2D eigenvalue weighted by atomic mass is 32.2. The Morgan fingerprint density at radius 1 is 0.885 bits per heavy atom. The molecule has 2 amide bonds. The lowest BCUT2D eigenvalue weighted by Crippen LogP contribution is -2.34. The Morgan fingerprint density at radius 2 is 1.50 bits per heavy atom. The molecule has 0 fully saturated rings. The Morgan fingerprint density at radius 3 is 2.15 bits per heavy atom. The van der Waals surface area contributed by atoms with E-state index in [0.29, 0.717) is 0 Å². The van der Waals surface area contributed by atoms with E-state index in [1.807, 2.05) is 0 Å². The highest BCUT2D eigenvalue weighted by Gasteiger charge is 2.21. The van der Waals surface area contributed by atoms with Crippen molar-refractivity contribution in [3.63, 3.8) is 0 Å². The predicted molar refractivity (Wildman–Crippen MR) is 91.9 cm³/mol. The molecule has 0 saturated carbocycles. The van der Waals surface area contributed by atoms with Gasteiger partial charge in [-0.1, -0.05) is 18.2 Å². The van der Waals surface area contributed by atoms with E-state index < -0.39 is 44.8 Å². The molecule has 2 aromatic rings. The molecule has 2 N–H and O–H groups in total. The Balaban J connectivity index is 1.85. The van der Waals surface area contributed by atoms with Gasteiger partial charge in [0.25, 0.3) is 0 Å². The zero-order valence-corrected chi connectivity index (χ0v) is 14.4. The van der Waals surface area contributed by atoms with Gasteiger partial charge in [-0.25, -0.2) is 17.2 Å². The Labute approximate surface area is 149 Å². The lowest BCUT2D eigenvalue weighted by Gasteiger charge is -2.08. The molecule has 0 bridgehead atoms. The van der Waals surface area contributed by atoms with Crippen LogP contribution in [-0.4, -0.2) is 31.7 Å². The fourth-order valence-electron chi connectivity index (χ4n) is 2.07. The van der Waals surface area contributed by atoms with E-state index in [-0.39, 0.29) is 17.8 Å². The molecule has 0 aromatic heterocycles. The standard InChI is InChI=1S/C17H16F2N2O4S/c18-13-5-7-14(8-6-13)21-17(23)11-26(24,25)10-16(22)20-9-12-3-1-2-4-15(12)19/h1-8H,9-11H2,(H,20,22)(H,21,23). The maximum absolute atomic E-state index is 13.4. The molecule has 0 atom stereocenters. The maximum Gasteiger partial charge on any atom is 0.239 e. The van der Waals surface area contributed by atoms with Crippen LogP contribution in [0.3, 0.4) is 0 Å². The number of hydrogen-bond acceptors (Lipinski definition) is 4. The first-order valence-corrected chi connectivity index (χ1v) is 9.33. The summed E-state index contributed by atoms with van der Waals surface area (Å²) < 4.78 is 50.1. The molecular formula is C17H16F2N2O4S. The normalized spacial score (nSPS) is 11.0. The molecule has 138 valence electrons. The third-order valence-electron chi connectivity index (χ3n) is 3.26. The lowest BCUT2D eigenvalue weighted by molar-refractivity contribution is -0.118. The predicted octanol–water partition coefficient (Wildman–Crippen LogP) is 1.63. The van der Waals surface area contributed by atoms with Gasteiger partial charge in [0.05, 0.1) is 0 Å². The Bertz CT molecular complexity index is 899. The summed E-state index contributed by atoms with van der Waals surface area (Å²) in [4.78, 5) is 23.5. The van der Waals surface area contributed by atoms with Crippen molar-refractivity contribution in [2.24, 2.45) is 0 Å². The summed E-state index contributed by atoms with van der Waals surface area (Å²) in [7, 11) is -4.01. The number of sulfone groups is 1. The van der Waals surface area contributed by atoms with Crippen molar-refractivity contribution in [1.82, 2.24) is 5.32 Å². The molecule has 0 aliphatic heterocycles. The van der Waals surface area contributed by atoms with Gasteiger partial charge in [-0.2, -0.15) is 0 Å². The topological polar surface area (TPSA) is 92.3 Å². The zero-order valence-electron chi connectivity index (χ0n) is 13.5. The lowest BCUT2D eigenvalue weighted by atomic mass is 10.2. The second kappa shape index (κ2) is 8.52. The van der Waals surface area contributed by atoms with Gasteiger partial charge in [0.1, 0.15) is 23.1 Å². The van der Waals surface area contributed by atoms with E-state index >= 15 is 0 Å². The zero-order chi connectivity index (χ0) is 19.2. The first-order chi connectivity index (χ1) is 12.2. The van der Waals surface area contributed by atoms with Crippen molar-refractivity contribution in [1.29, 1.82) is 0 Å². The molecule has 2 aromatic carbocycles. The van der Waals surface area contributed by atoms with Crippen LogP contribution >= 0.6 is 0 Å². The monoisotopic (exact) mass is 382 g/mol. The van der Waals surface area contributed by atoms with Crippen LogP contribution < -0.4 is 10.6 Å². The highest BCUT2D eigenvalue weighted by Crippen LogP contribution is 2.09. The molecule has 0 radical (unpaired) electrons. The molecule has 0 spiro atoms. The summed E-state index contributed by atoms with van der Waals surface area (Å²) in [5.41, 5.74) is 0.447. The molecule has 26 heavy (non-hydrogen) atoms. The second-order valence-corrected chi connectivity index (χ2v) is 7.52. The van der Waals surface area contributed by atoms with Crippen LogP contribution in [0.2, 0.25) is 0 Å². The number of carbonyl (C=O) groups excluding carboxylic acids is 2. The van der Waals surface area contributed by atoms with Crippen LogP contribution in [0.15, 0.2) is 48.5 Å².